The van der Waals surface area contributed by atoms with Gasteiger partial charge in [-0.2, -0.15) is 0 Å². The standard InChI is InChI=1S/C50H36N4/c1-53-47-12-5-3-10-45(47)51-49(53)39-26-20-35(21-27-39)33-14-16-37(17-15-33)41-30-31-44-42(32-41)8-7-9-43(44)38-24-18-34(19-25-38)36-22-28-40(29-23-36)50-52-46-11-4-6-13-48(46)54(50)2/h3-32H,1-2H3. The predicted molar refractivity (Wildman–Crippen MR) is 225 cm³/mol. The molecule has 0 bridgehead atoms. The summed E-state index contributed by atoms with van der Waals surface area (Å²) in [4.78, 5) is 9.74. The van der Waals surface area contributed by atoms with Gasteiger partial charge in [-0.25, -0.2) is 9.97 Å². The molecule has 0 atom stereocenters. The van der Waals surface area contributed by atoms with E-state index in [4.69, 9.17) is 9.97 Å². The molecule has 0 fully saturated rings. The second-order valence-corrected chi connectivity index (χ2v) is 14.0. The summed E-state index contributed by atoms with van der Waals surface area (Å²) >= 11 is 0. The first-order chi connectivity index (χ1) is 26.6. The molecule has 0 amide bonds. The summed E-state index contributed by atoms with van der Waals surface area (Å²) in [5.74, 6) is 1.96. The molecule has 4 nitrogen and oxygen atoms in total. The van der Waals surface area contributed by atoms with Crippen LogP contribution in [0.1, 0.15) is 0 Å². The molecule has 0 saturated carbocycles. The van der Waals surface area contributed by atoms with Gasteiger partial charge < -0.3 is 9.13 Å². The molecule has 4 heteroatoms. The molecule has 54 heavy (non-hydrogen) atoms. The van der Waals surface area contributed by atoms with E-state index >= 15 is 0 Å². The molecule has 0 aliphatic carbocycles. The molecule has 0 unspecified atom stereocenters. The number of para-hydroxylation sites is 4. The average molecular weight is 693 g/mol. The lowest BCUT2D eigenvalue weighted by Gasteiger charge is -2.11. The van der Waals surface area contributed by atoms with Crippen LogP contribution in [-0.2, 0) is 14.1 Å². The zero-order chi connectivity index (χ0) is 36.2. The number of hydrogen-bond donors (Lipinski definition) is 0. The molecular formula is C50H36N4. The Morgan fingerprint density at radius 2 is 0.722 bits per heavy atom. The summed E-state index contributed by atoms with van der Waals surface area (Å²) in [6.45, 7) is 0. The molecule has 8 aromatic carbocycles. The van der Waals surface area contributed by atoms with Crippen molar-refractivity contribution < 1.29 is 0 Å². The monoisotopic (exact) mass is 692 g/mol. The molecule has 0 spiro atoms. The molecule has 10 rings (SSSR count). The van der Waals surface area contributed by atoms with Crippen molar-refractivity contribution in [1.82, 2.24) is 19.1 Å². The predicted octanol–water partition coefficient (Wildman–Crippen LogP) is 12.6. The summed E-state index contributed by atoms with van der Waals surface area (Å²) in [6.07, 6.45) is 0. The van der Waals surface area contributed by atoms with Gasteiger partial charge in [-0.15, -0.1) is 0 Å². The SMILES string of the molecule is Cn1c(-c2ccc(-c3ccc(-c4ccc5c(-c6ccc(-c7ccc(-c8nc9ccccc9n8C)cc7)cc6)cccc5c4)cc3)cc2)nc2ccccc21. The van der Waals surface area contributed by atoms with E-state index in [9.17, 15) is 0 Å². The van der Waals surface area contributed by atoms with Crippen molar-refractivity contribution in [1.29, 1.82) is 0 Å². The molecule has 10 aromatic rings. The van der Waals surface area contributed by atoms with Crippen LogP contribution in [0.3, 0.4) is 0 Å². The Hall–Kier alpha value is -7.04. The zero-order valence-electron chi connectivity index (χ0n) is 30.1. The van der Waals surface area contributed by atoms with Crippen LogP contribution in [0, 0.1) is 0 Å². The summed E-state index contributed by atoms with van der Waals surface area (Å²) in [6, 6.07) is 65.2. The van der Waals surface area contributed by atoms with E-state index in [-0.39, 0.29) is 0 Å². The third kappa shape index (κ3) is 5.48. The minimum Gasteiger partial charge on any atom is -0.327 e. The van der Waals surface area contributed by atoms with Gasteiger partial charge in [0, 0.05) is 25.2 Å². The zero-order valence-corrected chi connectivity index (χ0v) is 30.1. The van der Waals surface area contributed by atoms with Crippen molar-refractivity contribution in [3.05, 3.63) is 182 Å². The minimum absolute atomic E-state index is 0.978. The molecule has 0 saturated heterocycles. The summed E-state index contributed by atoms with van der Waals surface area (Å²) in [5.41, 5.74) is 16.2. The fraction of sp³-hybridized carbons (Fsp3) is 0.0400. The highest BCUT2D eigenvalue weighted by Crippen LogP contribution is 2.35. The highest BCUT2D eigenvalue weighted by atomic mass is 15.1. The Bertz CT molecular complexity index is 2970. The lowest BCUT2D eigenvalue weighted by atomic mass is 9.93. The fourth-order valence-electron chi connectivity index (χ4n) is 7.84. The van der Waals surface area contributed by atoms with Gasteiger partial charge in [0.25, 0.3) is 0 Å². The van der Waals surface area contributed by atoms with E-state index in [1.807, 2.05) is 12.1 Å². The van der Waals surface area contributed by atoms with E-state index in [0.29, 0.717) is 0 Å². The Kier molecular flexibility index (Phi) is 7.55. The molecule has 0 radical (unpaired) electrons. The number of rotatable bonds is 6. The Labute approximate surface area is 314 Å². The summed E-state index contributed by atoms with van der Waals surface area (Å²) in [7, 11) is 4.16. The topological polar surface area (TPSA) is 35.6 Å². The number of hydrogen-bond acceptors (Lipinski definition) is 2. The molecular weight excluding hydrogens is 657 g/mol. The third-order valence-corrected chi connectivity index (χ3v) is 10.8. The Balaban J connectivity index is 0.868. The highest BCUT2D eigenvalue weighted by Gasteiger charge is 2.12. The van der Waals surface area contributed by atoms with Crippen molar-refractivity contribution in [3.63, 3.8) is 0 Å². The second kappa shape index (κ2) is 12.9. The van der Waals surface area contributed by atoms with Crippen molar-refractivity contribution in [2.24, 2.45) is 14.1 Å². The Morgan fingerprint density at radius 3 is 1.19 bits per heavy atom. The molecule has 2 aromatic heterocycles. The van der Waals surface area contributed by atoms with Gasteiger partial charge in [-0.3, -0.25) is 0 Å². The number of benzene rings is 8. The quantitative estimate of drug-likeness (QED) is 0.174. The van der Waals surface area contributed by atoms with Crippen LogP contribution in [0.2, 0.25) is 0 Å². The second-order valence-electron chi connectivity index (χ2n) is 14.0. The normalized spacial score (nSPS) is 11.5. The summed E-state index contributed by atoms with van der Waals surface area (Å²) < 4.78 is 4.32. The minimum atomic E-state index is 0.978. The largest absolute Gasteiger partial charge is 0.327 e. The Morgan fingerprint density at radius 1 is 0.333 bits per heavy atom. The van der Waals surface area contributed by atoms with Crippen molar-refractivity contribution in [3.8, 4) is 67.3 Å². The van der Waals surface area contributed by atoms with E-state index in [1.165, 1.54) is 55.3 Å². The smallest absolute Gasteiger partial charge is 0.140 e. The van der Waals surface area contributed by atoms with Gasteiger partial charge >= 0.3 is 0 Å². The van der Waals surface area contributed by atoms with Crippen LogP contribution in [0.4, 0.5) is 0 Å². The van der Waals surface area contributed by atoms with E-state index < -0.39 is 0 Å². The number of aromatic nitrogens is 4. The van der Waals surface area contributed by atoms with Crippen molar-refractivity contribution in [2.75, 3.05) is 0 Å². The fourth-order valence-corrected chi connectivity index (χ4v) is 7.84. The first kappa shape index (κ1) is 31.7. The lowest BCUT2D eigenvalue weighted by Crippen LogP contribution is -1.92. The van der Waals surface area contributed by atoms with Crippen molar-refractivity contribution >= 4 is 32.8 Å². The maximum atomic E-state index is 4.87. The number of imidazole rings is 2. The molecule has 2 heterocycles. The first-order valence-corrected chi connectivity index (χ1v) is 18.4. The van der Waals surface area contributed by atoms with Crippen LogP contribution < -0.4 is 0 Å². The maximum Gasteiger partial charge on any atom is 0.140 e. The molecule has 256 valence electrons. The number of fused-ring (bicyclic) bond motifs is 3. The van der Waals surface area contributed by atoms with Gasteiger partial charge in [0.15, 0.2) is 0 Å². The van der Waals surface area contributed by atoms with Crippen LogP contribution in [-0.4, -0.2) is 19.1 Å². The van der Waals surface area contributed by atoms with Gasteiger partial charge in [0.2, 0.25) is 0 Å². The highest BCUT2D eigenvalue weighted by molar-refractivity contribution is 5.99. The van der Waals surface area contributed by atoms with E-state index in [2.05, 4.69) is 193 Å². The van der Waals surface area contributed by atoms with Crippen LogP contribution in [0.5, 0.6) is 0 Å². The van der Waals surface area contributed by atoms with Gasteiger partial charge in [0.05, 0.1) is 22.1 Å². The van der Waals surface area contributed by atoms with Gasteiger partial charge in [-0.1, -0.05) is 152 Å². The number of aryl methyl sites for hydroxylation is 2. The summed E-state index contributed by atoms with van der Waals surface area (Å²) in [5, 5.41) is 2.48. The maximum absolute atomic E-state index is 4.87. The third-order valence-electron chi connectivity index (χ3n) is 10.8. The molecule has 0 N–H and O–H groups in total. The van der Waals surface area contributed by atoms with Gasteiger partial charge in [-0.05, 0) is 85.6 Å². The van der Waals surface area contributed by atoms with Crippen LogP contribution in [0.25, 0.3) is 100 Å². The molecule has 0 aliphatic rings. The van der Waals surface area contributed by atoms with Crippen LogP contribution in [0.15, 0.2) is 182 Å². The molecule has 0 aliphatic heterocycles. The van der Waals surface area contributed by atoms with Crippen molar-refractivity contribution in [2.45, 2.75) is 0 Å². The van der Waals surface area contributed by atoms with E-state index in [0.717, 1.165) is 44.8 Å². The van der Waals surface area contributed by atoms with Crippen LogP contribution >= 0.6 is 0 Å². The lowest BCUT2D eigenvalue weighted by molar-refractivity contribution is 0.959. The van der Waals surface area contributed by atoms with E-state index in [1.54, 1.807) is 0 Å². The first-order valence-electron chi connectivity index (χ1n) is 18.4. The van der Waals surface area contributed by atoms with Gasteiger partial charge in [0.1, 0.15) is 11.6 Å². The number of nitrogens with zero attached hydrogens (tertiary/aromatic N) is 4. The average Bonchev–Trinajstić information content (AvgIpc) is 3.76.